The van der Waals surface area contributed by atoms with Crippen LogP contribution in [0.25, 0.3) is 0 Å². The fraction of sp³-hybridized carbons (Fsp3) is 0.435. The van der Waals surface area contributed by atoms with Crippen LogP contribution in [-0.2, 0) is 0 Å². The summed E-state index contributed by atoms with van der Waals surface area (Å²) >= 11 is 0. The molecule has 1 aliphatic carbocycles. The molecule has 2 rings (SSSR count). The third-order valence-corrected chi connectivity index (χ3v) is 5.73. The Bertz CT molecular complexity index is 889. The number of benzene rings is 1. The molecule has 1 saturated carbocycles. The first-order valence-electron chi connectivity index (χ1n) is 10.3. The number of hydrogen-bond acceptors (Lipinski definition) is 3. The van der Waals surface area contributed by atoms with Crippen LogP contribution in [-0.4, -0.2) is 31.5 Å². The number of rotatable bonds is 6. The zero-order valence-electron chi connectivity index (χ0n) is 18.1. The molecule has 0 spiro atoms. The second-order valence-electron chi connectivity index (χ2n) is 7.53. The quantitative estimate of drug-likeness (QED) is 0.211. The molecule has 0 aliphatic heterocycles. The van der Waals surface area contributed by atoms with Crippen molar-refractivity contribution in [2.75, 3.05) is 13.6 Å². The number of allylic oxidation sites excluding steroid dienone is 3. The molecule has 0 aromatic heterocycles. The molecule has 1 fully saturated rings. The number of guanidine groups is 1. The molecule has 31 heavy (non-hydrogen) atoms. The van der Waals surface area contributed by atoms with E-state index in [1.54, 1.807) is 7.05 Å². The first-order chi connectivity index (χ1) is 14.9. The Morgan fingerprint density at radius 3 is 2.45 bits per heavy atom. The van der Waals surface area contributed by atoms with Crippen molar-refractivity contribution in [1.29, 1.82) is 5.26 Å². The second-order valence-corrected chi connectivity index (χ2v) is 7.53. The summed E-state index contributed by atoms with van der Waals surface area (Å²) in [4.78, 5) is 16.6. The van der Waals surface area contributed by atoms with Gasteiger partial charge in [-0.05, 0) is 57.2 Å². The topological polar surface area (TPSA) is 89.3 Å². The minimum Gasteiger partial charge on any atom is -0.353 e. The van der Waals surface area contributed by atoms with Gasteiger partial charge in [-0.25, -0.2) is 8.78 Å². The minimum atomic E-state index is -0.879. The molecule has 1 aliphatic rings. The second kappa shape index (κ2) is 11.3. The maximum Gasteiger partial charge on any atom is 0.257 e. The van der Waals surface area contributed by atoms with Gasteiger partial charge in [0.1, 0.15) is 17.2 Å². The lowest BCUT2D eigenvalue weighted by Crippen LogP contribution is -2.48. The summed E-state index contributed by atoms with van der Waals surface area (Å²) < 4.78 is 28.0. The van der Waals surface area contributed by atoms with Gasteiger partial charge in [-0.2, -0.15) is 5.26 Å². The van der Waals surface area contributed by atoms with Crippen molar-refractivity contribution in [1.82, 2.24) is 16.0 Å². The van der Waals surface area contributed by atoms with Crippen molar-refractivity contribution in [2.24, 2.45) is 10.4 Å². The summed E-state index contributed by atoms with van der Waals surface area (Å²) in [6.07, 6.45) is 10.9. The van der Waals surface area contributed by atoms with Crippen LogP contribution in [0.1, 0.15) is 49.9 Å². The lowest BCUT2D eigenvalue weighted by atomic mass is 9.67. The van der Waals surface area contributed by atoms with Gasteiger partial charge in [0.05, 0.1) is 0 Å². The summed E-state index contributed by atoms with van der Waals surface area (Å²) in [5, 5.41) is 17.3. The molecule has 1 aromatic carbocycles. The van der Waals surface area contributed by atoms with Crippen LogP contribution >= 0.6 is 0 Å². The molecule has 6 nitrogen and oxygen atoms in total. The summed E-state index contributed by atoms with van der Waals surface area (Å²) in [7, 11) is 1.60. The largest absolute Gasteiger partial charge is 0.353 e. The van der Waals surface area contributed by atoms with Crippen molar-refractivity contribution in [3.63, 3.8) is 0 Å². The lowest BCUT2D eigenvalue weighted by molar-refractivity contribution is 0.0916. The highest BCUT2D eigenvalue weighted by Crippen LogP contribution is 2.43. The van der Waals surface area contributed by atoms with Gasteiger partial charge in [0, 0.05) is 25.0 Å². The third-order valence-electron chi connectivity index (χ3n) is 5.73. The monoisotopic (exact) mass is 429 g/mol. The van der Waals surface area contributed by atoms with E-state index in [0.29, 0.717) is 5.96 Å². The summed E-state index contributed by atoms with van der Waals surface area (Å²) in [6.45, 7) is 4.13. The Morgan fingerprint density at radius 1 is 1.29 bits per heavy atom. The van der Waals surface area contributed by atoms with E-state index in [4.69, 9.17) is 5.26 Å². The Morgan fingerprint density at radius 2 is 1.94 bits per heavy atom. The number of amides is 1. The third kappa shape index (κ3) is 5.91. The van der Waals surface area contributed by atoms with E-state index >= 15 is 0 Å². The number of aliphatic imine (C=N–C) groups is 1. The average molecular weight is 430 g/mol. The average Bonchev–Trinajstić information content (AvgIpc) is 2.76. The Hall–Kier alpha value is -3.21. The number of hydrogen-bond donors (Lipinski definition) is 3. The molecule has 1 aromatic rings. The Labute approximate surface area is 182 Å². The smallest absolute Gasteiger partial charge is 0.257 e. The van der Waals surface area contributed by atoms with Crippen LogP contribution in [0.15, 0.2) is 47.0 Å². The van der Waals surface area contributed by atoms with Gasteiger partial charge in [0.15, 0.2) is 6.19 Å². The lowest BCUT2D eigenvalue weighted by Gasteiger charge is -2.42. The molecule has 3 N–H and O–H groups in total. The van der Waals surface area contributed by atoms with Gasteiger partial charge in [0.25, 0.3) is 5.91 Å². The molecule has 0 bridgehead atoms. The fourth-order valence-electron chi connectivity index (χ4n) is 4.10. The van der Waals surface area contributed by atoms with E-state index in [1.807, 2.05) is 38.3 Å². The Balaban J connectivity index is 2.17. The molecular formula is C23H29F2N5O. The summed E-state index contributed by atoms with van der Waals surface area (Å²) in [5.41, 5.74) is 0.151. The number of carbonyl (C=O) groups excluding carboxylic acids is 1. The highest BCUT2D eigenvalue weighted by atomic mass is 19.1. The van der Waals surface area contributed by atoms with Crippen molar-refractivity contribution in [2.45, 2.75) is 45.6 Å². The minimum absolute atomic E-state index is 0.121. The predicted octanol–water partition coefficient (Wildman–Crippen LogP) is 3.79. The van der Waals surface area contributed by atoms with Gasteiger partial charge >= 0.3 is 0 Å². The van der Waals surface area contributed by atoms with Crippen molar-refractivity contribution >= 4 is 11.9 Å². The van der Waals surface area contributed by atoms with Crippen LogP contribution in [0, 0.1) is 28.5 Å². The van der Waals surface area contributed by atoms with E-state index in [2.05, 4.69) is 20.9 Å². The zero-order chi connectivity index (χ0) is 22.9. The predicted molar refractivity (Wildman–Crippen MR) is 117 cm³/mol. The molecule has 8 heteroatoms. The van der Waals surface area contributed by atoms with E-state index < -0.39 is 23.1 Å². The van der Waals surface area contributed by atoms with E-state index in [1.165, 1.54) is 6.07 Å². The molecule has 166 valence electrons. The number of nitrogens with zero attached hydrogens (tertiary/aromatic N) is 2. The van der Waals surface area contributed by atoms with E-state index in [9.17, 15) is 13.6 Å². The van der Waals surface area contributed by atoms with Gasteiger partial charge < -0.3 is 10.6 Å². The molecule has 1 amide bonds. The normalized spacial score (nSPS) is 22.1. The van der Waals surface area contributed by atoms with Crippen LogP contribution < -0.4 is 16.0 Å². The number of halogens is 2. The maximum atomic E-state index is 14.0. The molecule has 0 atom stereocenters. The zero-order valence-corrected chi connectivity index (χ0v) is 18.1. The number of carbonyl (C=O) groups is 1. The van der Waals surface area contributed by atoms with Gasteiger partial charge in [-0.1, -0.05) is 24.3 Å². The highest BCUT2D eigenvalue weighted by Gasteiger charge is 2.38. The molecule has 0 heterocycles. The Kier molecular flexibility index (Phi) is 8.74. The van der Waals surface area contributed by atoms with E-state index in [0.717, 1.165) is 43.4 Å². The van der Waals surface area contributed by atoms with Crippen LogP contribution in [0.2, 0.25) is 0 Å². The van der Waals surface area contributed by atoms with Gasteiger partial charge in [0.2, 0.25) is 5.96 Å². The van der Waals surface area contributed by atoms with Crippen molar-refractivity contribution in [3.8, 4) is 6.19 Å². The summed E-state index contributed by atoms with van der Waals surface area (Å²) in [5.74, 6) is -2.10. The molecule has 0 radical (unpaired) electrons. The van der Waals surface area contributed by atoms with Crippen LogP contribution in [0.5, 0.6) is 0 Å². The molecule has 0 unspecified atom stereocenters. The van der Waals surface area contributed by atoms with Crippen molar-refractivity contribution < 1.29 is 13.6 Å². The van der Waals surface area contributed by atoms with Gasteiger partial charge in [-0.15, -0.1) is 0 Å². The SMILES string of the molecule is C/C=C\C(=C/C)C1(CNC(=O)c2c(F)cccc2F)CCC(NC(=NC)NC#N)CC1. The fourth-order valence-corrected chi connectivity index (χ4v) is 4.10. The number of nitrogens with one attached hydrogen (secondary N) is 3. The molecule has 0 saturated heterocycles. The van der Waals surface area contributed by atoms with Crippen molar-refractivity contribution in [3.05, 3.63) is 59.2 Å². The first kappa shape index (κ1) is 24.1. The van der Waals surface area contributed by atoms with Gasteiger partial charge in [-0.3, -0.25) is 15.1 Å². The number of nitriles is 1. The highest BCUT2D eigenvalue weighted by molar-refractivity contribution is 5.94. The first-order valence-corrected chi connectivity index (χ1v) is 10.3. The van der Waals surface area contributed by atoms with Crippen LogP contribution in [0.3, 0.4) is 0 Å². The summed E-state index contributed by atoms with van der Waals surface area (Å²) in [6, 6.07) is 3.50. The van der Waals surface area contributed by atoms with E-state index in [-0.39, 0.29) is 18.0 Å². The molecular weight excluding hydrogens is 400 g/mol. The standard InChI is InChI=1S/C23H29F2N5O/c1-4-7-16(5-2)23(12-10-17(11-13-23)30-22(27-3)29-15-26)14-28-21(31)20-18(24)8-6-9-19(20)25/h4-9,17H,10-14H2,1-3H3,(H,28,31)(H2,27,29,30)/b7-4-,16-5+. The van der Waals surface area contributed by atoms with Crippen LogP contribution in [0.4, 0.5) is 8.78 Å². The maximum absolute atomic E-state index is 14.0.